The third kappa shape index (κ3) is 6.05. The molecule has 122 valence electrons. The van der Waals surface area contributed by atoms with Gasteiger partial charge in [-0.25, -0.2) is 0 Å². The van der Waals surface area contributed by atoms with Gasteiger partial charge in [0.1, 0.15) is 6.54 Å². The van der Waals surface area contributed by atoms with E-state index < -0.39 is 18.6 Å². The third-order valence-electron chi connectivity index (χ3n) is 3.93. The van der Waals surface area contributed by atoms with E-state index in [1.807, 2.05) is 28.4 Å². The molecule has 0 radical (unpaired) electrons. The third-order valence-corrected chi connectivity index (χ3v) is 3.93. The summed E-state index contributed by atoms with van der Waals surface area (Å²) in [4.78, 5) is 13.4. The number of halogens is 3. The number of nitrogens with zero attached hydrogens (tertiary/aromatic N) is 1. The van der Waals surface area contributed by atoms with E-state index in [9.17, 15) is 18.0 Å². The molecule has 1 aliphatic heterocycles. The average Bonchev–Trinajstić information content (AvgIpc) is 2.48. The van der Waals surface area contributed by atoms with Gasteiger partial charge in [-0.1, -0.05) is 30.3 Å². The van der Waals surface area contributed by atoms with E-state index in [1.165, 1.54) is 5.56 Å². The Kier molecular flexibility index (Phi) is 5.83. The summed E-state index contributed by atoms with van der Waals surface area (Å²) in [6, 6.07) is 10.3. The van der Waals surface area contributed by atoms with E-state index in [-0.39, 0.29) is 6.54 Å². The Balaban J connectivity index is 1.68. The Bertz CT molecular complexity index is 468. The van der Waals surface area contributed by atoms with Crippen molar-refractivity contribution in [2.45, 2.75) is 25.4 Å². The van der Waals surface area contributed by atoms with Gasteiger partial charge in [0, 0.05) is 0 Å². The van der Waals surface area contributed by atoms with E-state index in [2.05, 4.69) is 12.1 Å². The minimum Gasteiger partial charge on any atom is -0.346 e. The van der Waals surface area contributed by atoms with Crippen molar-refractivity contribution in [1.82, 2.24) is 10.2 Å². The van der Waals surface area contributed by atoms with Crippen LogP contribution in [0.15, 0.2) is 30.3 Å². The van der Waals surface area contributed by atoms with Gasteiger partial charge in [0.2, 0.25) is 5.91 Å². The Labute approximate surface area is 128 Å². The SMILES string of the molecule is O=C(CN1CCC(Cc2ccccc2)CC1)NCC(F)(F)F. The van der Waals surface area contributed by atoms with Crippen LogP contribution in [0.5, 0.6) is 0 Å². The van der Waals surface area contributed by atoms with Gasteiger partial charge in [-0.05, 0) is 43.8 Å². The first-order valence-electron chi connectivity index (χ1n) is 7.52. The van der Waals surface area contributed by atoms with Gasteiger partial charge < -0.3 is 5.32 Å². The number of alkyl halides is 3. The second kappa shape index (κ2) is 7.63. The summed E-state index contributed by atoms with van der Waals surface area (Å²) in [5.74, 6) is 0.0238. The maximum atomic E-state index is 12.0. The lowest BCUT2D eigenvalue weighted by atomic mass is 9.90. The highest BCUT2D eigenvalue weighted by Gasteiger charge is 2.28. The van der Waals surface area contributed by atoms with Gasteiger partial charge in [-0.3, -0.25) is 9.69 Å². The predicted octanol–water partition coefficient (Wildman–Crippen LogP) is 2.62. The smallest absolute Gasteiger partial charge is 0.346 e. The zero-order chi connectivity index (χ0) is 16.0. The minimum absolute atomic E-state index is 0.0497. The normalized spacial score (nSPS) is 17.4. The molecule has 1 fully saturated rings. The molecule has 6 heteroatoms. The Morgan fingerprint density at radius 1 is 1.18 bits per heavy atom. The molecule has 0 unspecified atom stereocenters. The van der Waals surface area contributed by atoms with E-state index in [1.54, 1.807) is 0 Å². The van der Waals surface area contributed by atoms with Crippen molar-refractivity contribution in [2.75, 3.05) is 26.2 Å². The predicted molar refractivity (Wildman–Crippen MR) is 78.4 cm³/mol. The van der Waals surface area contributed by atoms with Gasteiger partial charge in [-0.2, -0.15) is 13.2 Å². The fourth-order valence-corrected chi connectivity index (χ4v) is 2.75. The molecule has 1 saturated heterocycles. The quantitative estimate of drug-likeness (QED) is 0.906. The molecule has 1 amide bonds. The molecule has 0 atom stereocenters. The number of carbonyl (C=O) groups is 1. The van der Waals surface area contributed by atoms with Crippen LogP contribution in [0.3, 0.4) is 0 Å². The minimum atomic E-state index is -4.35. The molecular formula is C16H21F3N2O. The summed E-state index contributed by atoms with van der Waals surface area (Å²) in [5.41, 5.74) is 1.31. The number of hydrogen-bond donors (Lipinski definition) is 1. The maximum absolute atomic E-state index is 12.0. The highest BCUT2D eigenvalue weighted by molar-refractivity contribution is 5.78. The Morgan fingerprint density at radius 3 is 2.41 bits per heavy atom. The Morgan fingerprint density at radius 2 is 1.82 bits per heavy atom. The molecular weight excluding hydrogens is 293 g/mol. The number of benzene rings is 1. The van der Waals surface area contributed by atoms with Gasteiger partial charge in [0.05, 0.1) is 6.54 Å². The second-order valence-corrected chi connectivity index (χ2v) is 5.80. The van der Waals surface area contributed by atoms with Crippen molar-refractivity contribution in [3.05, 3.63) is 35.9 Å². The summed E-state index contributed by atoms with van der Waals surface area (Å²) < 4.78 is 36.1. The molecule has 22 heavy (non-hydrogen) atoms. The largest absolute Gasteiger partial charge is 0.405 e. The lowest BCUT2D eigenvalue weighted by molar-refractivity contribution is -0.139. The number of likely N-dealkylation sites (tertiary alicyclic amines) is 1. The van der Waals surface area contributed by atoms with Crippen molar-refractivity contribution in [3.8, 4) is 0 Å². The van der Waals surface area contributed by atoms with Gasteiger partial charge in [0.15, 0.2) is 0 Å². The first kappa shape index (κ1) is 16.8. The number of hydrogen-bond acceptors (Lipinski definition) is 2. The van der Waals surface area contributed by atoms with Crippen molar-refractivity contribution in [2.24, 2.45) is 5.92 Å². The molecule has 1 heterocycles. The van der Waals surface area contributed by atoms with Crippen LogP contribution in [-0.4, -0.2) is 43.2 Å². The van der Waals surface area contributed by atoms with E-state index in [4.69, 9.17) is 0 Å². The first-order chi connectivity index (χ1) is 10.4. The summed E-state index contributed by atoms with van der Waals surface area (Å²) >= 11 is 0. The van der Waals surface area contributed by atoms with Crippen LogP contribution in [0.1, 0.15) is 18.4 Å². The van der Waals surface area contributed by atoms with Gasteiger partial charge >= 0.3 is 6.18 Å². The van der Waals surface area contributed by atoms with Gasteiger partial charge in [0.25, 0.3) is 0 Å². The van der Waals surface area contributed by atoms with Crippen molar-refractivity contribution in [3.63, 3.8) is 0 Å². The van der Waals surface area contributed by atoms with Crippen molar-refractivity contribution < 1.29 is 18.0 Å². The van der Waals surface area contributed by atoms with Crippen LogP contribution in [0.25, 0.3) is 0 Å². The highest BCUT2D eigenvalue weighted by atomic mass is 19.4. The molecule has 1 aliphatic rings. The zero-order valence-corrected chi connectivity index (χ0v) is 12.4. The molecule has 0 bridgehead atoms. The molecule has 0 saturated carbocycles. The number of carbonyl (C=O) groups excluding carboxylic acids is 1. The van der Waals surface area contributed by atoms with Gasteiger partial charge in [-0.15, -0.1) is 0 Å². The van der Waals surface area contributed by atoms with E-state index >= 15 is 0 Å². The molecule has 0 aliphatic carbocycles. The molecule has 2 rings (SSSR count). The molecule has 1 aromatic rings. The molecule has 1 aromatic carbocycles. The Hall–Kier alpha value is -1.56. The maximum Gasteiger partial charge on any atom is 0.405 e. The van der Waals surface area contributed by atoms with Crippen LogP contribution < -0.4 is 5.32 Å². The fourth-order valence-electron chi connectivity index (χ4n) is 2.75. The van der Waals surface area contributed by atoms with Crippen LogP contribution in [-0.2, 0) is 11.2 Å². The number of nitrogens with one attached hydrogen (secondary N) is 1. The molecule has 0 aromatic heterocycles. The lowest BCUT2D eigenvalue weighted by Gasteiger charge is -2.31. The van der Waals surface area contributed by atoms with Crippen LogP contribution in [0.2, 0.25) is 0 Å². The van der Waals surface area contributed by atoms with E-state index in [0.29, 0.717) is 5.92 Å². The lowest BCUT2D eigenvalue weighted by Crippen LogP contribution is -2.44. The number of rotatable bonds is 5. The number of piperidine rings is 1. The molecule has 0 spiro atoms. The van der Waals surface area contributed by atoms with E-state index in [0.717, 1.165) is 32.4 Å². The van der Waals surface area contributed by atoms with Crippen molar-refractivity contribution in [1.29, 1.82) is 0 Å². The second-order valence-electron chi connectivity index (χ2n) is 5.80. The number of amides is 1. The van der Waals surface area contributed by atoms with Crippen LogP contribution >= 0.6 is 0 Å². The topological polar surface area (TPSA) is 32.3 Å². The standard InChI is InChI=1S/C16H21F3N2O/c17-16(18,19)12-20-15(22)11-21-8-6-14(7-9-21)10-13-4-2-1-3-5-13/h1-5,14H,6-12H2,(H,20,22). The summed E-state index contributed by atoms with van der Waals surface area (Å²) in [6.07, 6.45) is -1.38. The van der Waals surface area contributed by atoms with Crippen LogP contribution in [0.4, 0.5) is 13.2 Å². The van der Waals surface area contributed by atoms with Crippen LogP contribution in [0, 0.1) is 5.92 Å². The molecule has 3 nitrogen and oxygen atoms in total. The van der Waals surface area contributed by atoms with Crippen molar-refractivity contribution >= 4 is 5.91 Å². The summed E-state index contributed by atoms with van der Waals surface area (Å²) in [5, 5.41) is 1.92. The zero-order valence-electron chi connectivity index (χ0n) is 12.4. The summed E-state index contributed by atoms with van der Waals surface area (Å²) in [6.45, 7) is 0.318. The summed E-state index contributed by atoms with van der Waals surface area (Å²) in [7, 11) is 0. The monoisotopic (exact) mass is 314 g/mol. The molecule has 1 N–H and O–H groups in total. The highest BCUT2D eigenvalue weighted by Crippen LogP contribution is 2.21. The fraction of sp³-hybridized carbons (Fsp3) is 0.562. The first-order valence-corrected chi connectivity index (χ1v) is 7.52. The average molecular weight is 314 g/mol.